The molecule has 7 heteroatoms. The molecule has 0 radical (unpaired) electrons. The maximum Gasteiger partial charge on any atom is 0.258 e. The van der Waals surface area contributed by atoms with Crippen LogP contribution in [0.3, 0.4) is 0 Å². The zero-order valence-electron chi connectivity index (χ0n) is 9.25. The molecule has 1 aromatic carbocycles. The number of carbonyl (C=O) groups is 1. The van der Waals surface area contributed by atoms with Crippen LogP contribution in [-0.2, 0) is 0 Å². The second-order valence-electron chi connectivity index (χ2n) is 3.54. The van der Waals surface area contributed by atoms with Crippen molar-refractivity contribution >= 4 is 39.1 Å². The average Bonchev–Trinajstić information content (AvgIpc) is 2.37. The van der Waals surface area contributed by atoms with Gasteiger partial charge in [-0.15, -0.1) is 0 Å². The molecule has 1 N–H and O–H groups in total. The van der Waals surface area contributed by atoms with Crippen molar-refractivity contribution in [1.29, 1.82) is 0 Å². The van der Waals surface area contributed by atoms with Crippen LogP contribution >= 0.6 is 27.5 Å². The lowest BCUT2D eigenvalue weighted by Crippen LogP contribution is -2.15. The molecule has 0 unspecified atom stereocenters. The lowest BCUT2D eigenvalue weighted by Gasteiger charge is -2.08. The first-order chi connectivity index (χ1) is 8.99. The standard InChI is InChI=1S/C12H6BrClF2N2O/c13-8-2-1-6(14)5-9(8)18-12(19)7-3-4-17-11(16)10(7)15/h1-5H,(H,18,19). The molecule has 3 nitrogen and oxygen atoms in total. The normalized spacial score (nSPS) is 10.3. The van der Waals surface area contributed by atoms with Gasteiger partial charge < -0.3 is 5.32 Å². The van der Waals surface area contributed by atoms with Crippen LogP contribution in [0.5, 0.6) is 0 Å². The fraction of sp³-hybridized carbons (Fsp3) is 0. The predicted molar refractivity (Wildman–Crippen MR) is 71.3 cm³/mol. The summed E-state index contributed by atoms with van der Waals surface area (Å²) >= 11 is 9.00. The van der Waals surface area contributed by atoms with E-state index in [0.29, 0.717) is 15.2 Å². The number of hydrogen-bond donors (Lipinski definition) is 1. The van der Waals surface area contributed by atoms with Gasteiger partial charge >= 0.3 is 0 Å². The van der Waals surface area contributed by atoms with Gasteiger partial charge in [0.1, 0.15) is 0 Å². The molecule has 0 saturated carbocycles. The van der Waals surface area contributed by atoms with Crippen LogP contribution in [0.25, 0.3) is 0 Å². The number of carbonyl (C=O) groups excluding carboxylic acids is 1. The lowest BCUT2D eigenvalue weighted by molar-refractivity contribution is 0.102. The van der Waals surface area contributed by atoms with Crippen molar-refractivity contribution in [3.05, 3.63) is 57.3 Å². The third-order valence-corrected chi connectivity index (χ3v) is 3.19. The van der Waals surface area contributed by atoms with Crippen LogP contribution in [0.4, 0.5) is 14.5 Å². The molecule has 98 valence electrons. The SMILES string of the molecule is O=C(Nc1cc(Cl)ccc1Br)c1ccnc(F)c1F. The Hall–Kier alpha value is -1.53. The van der Waals surface area contributed by atoms with Crippen molar-refractivity contribution in [3.63, 3.8) is 0 Å². The van der Waals surface area contributed by atoms with E-state index in [1.54, 1.807) is 12.1 Å². The summed E-state index contributed by atoms with van der Waals surface area (Å²) in [4.78, 5) is 14.9. The quantitative estimate of drug-likeness (QED) is 0.834. The Bertz CT molecular complexity index is 652. The summed E-state index contributed by atoms with van der Waals surface area (Å²) in [6.45, 7) is 0. The summed E-state index contributed by atoms with van der Waals surface area (Å²) in [5.74, 6) is -3.40. The maximum absolute atomic E-state index is 13.4. The highest BCUT2D eigenvalue weighted by Gasteiger charge is 2.17. The molecule has 0 aliphatic carbocycles. The monoisotopic (exact) mass is 346 g/mol. The first-order valence-corrected chi connectivity index (χ1v) is 6.22. The number of rotatable bonds is 2. The van der Waals surface area contributed by atoms with E-state index in [1.165, 1.54) is 6.07 Å². The van der Waals surface area contributed by atoms with Gasteiger partial charge in [-0.1, -0.05) is 11.6 Å². The summed E-state index contributed by atoms with van der Waals surface area (Å²) in [5.41, 5.74) is -0.0755. The molecular formula is C12H6BrClF2N2O. The third kappa shape index (κ3) is 3.08. The minimum Gasteiger partial charge on any atom is -0.321 e. The largest absolute Gasteiger partial charge is 0.321 e. The van der Waals surface area contributed by atoms with E-state index in [-0.39, 0.29) is 0 Å². The van der Waals surface area contributed by atoms with Gasteiger partial charge in [0, 0.05) is 15.7 Å². The van der Waals surface area contributed by atoms with Crippen LogP contribution in [0.1, 0.15) is 10.4 Å². The molecule has 0 spiro atoms. The van der Waals surface area contributed by atoms with E-state index in [1.807, 2.05) is 0 Å². The highest BCUT2D eigenvalue weighted by molar-refractivity contribution is 9.10. The molecule has 0 aliphatic heterocycles. The Morgan fingerprint density at radius 1 is 1.32 bits per heavy atom. The van der Waals surface area contributed by atoms with Crippen molar-refractivity contribution in [2.45, 2.75) is 0 Å². The van der Waals surface area contributed by atoms with Crippen molar-refractivity contribution < 1.29 is 13.6 Å². The lowest BCUT2D eigenvalue weighted by atomic mass is 10.2. The first-order valence-electron chi connectivity index (χ1n) is 5.05. The Morgan fingerprint density at radius 2 is 2.05 bits per heavy atom. The van der Waals surface area contributed by atoms with Gasteiger partial charge in [-0.05, 0) is 40.2 Å². The molecule has 1 amide bonds. The molecule has 0 fully saturated rings. The average molecular weight is 348 g/mol. The zero-order chi connectivity index (χ0) is 14.0. The molecule has 0 aliphatic rings. The van der Waals surface area contributed by atoms with Gasteiger partial charge in [-0.3, -0.25) is 4.79 Å². The maximum atomic E-state index is 13.4. The van der Waals surface area contributed by atoms with Crippen molar-refractivity contribution in [1.82, 2.24) is 4.98 Å². The summed E-state index contributed by atoms with van der Waals surface area (Å²) in [6, 6.07) is 5.82. The van der Waals surface area contributed by atoms with Crippen molar-refractivity contribution in [2.24, 2.45) is 0 Å². The molecule has 0 bridgehead atoms. The van der Waals surface area contributed by atoms with Crippen LogP contribution in [0.15, 0.2) is 34.9 Å². The third-order valence-electron chi connectivity index (χ3n) is 2.27. The zero-order valence-corrected chi connectivity index (χ0v) is 11.6. The van der Waals surface area contributed by atoms with Gasteiger partial charge in [0.15, 0.2) is 5.82 Å². The summed E-state index contributed by atoms with van der Waals surface area (Å²) < 4.78 is 26.9. The van der Waals surface area contributed by atoms with Crippen LogP contribution < -0.4 is 5.32 Å². The second kappa shape index (κ2) is 5.63. The van der Waals surface area contributed by atoms with Crippen LogP contribution in [0.2, 0.25) is 5.02 Å². The van der Waals surface area contributed by atoms with E-state index in [2.05, 4.69) is 26.2 Å². The second-order valence-corrected chi connectivity index (χ2v) is 4.83. The van der Waals surface area contributed by atoms with E-state index in [0.717, 1.165) is 12.3 Å². The van der Waals surface area contributed by atoms with Gasteiger partial charge in [0.05, 0.1) is 11.3 Å². The van der Waals surface area contributed by atoms with Gasteiger partial charge in [0.2, 0.25) is 5.95 Å². The minimum absolute atomic E-state index is 0.356. The van der Waals surface area contributed by atoms with Gasteiger partial charge in [-0.2, -0.15) is 4.39 Å². The van der Waals surface area contributed by atoms with E-state index in [9.17, 15) is 13.6 Å². The Labute approximate surface area is 120 Å². The first kappa shape index (κ1) is 13.9. The topological polar surface area (TPSA) is 42.0 Å². The van der Waals surface area contributed by atoms with Crippen molar-refractivity contribution in [2.75, 3.05) is 5.32 Å². The Morgan fingerprint density at radius 3 is 2.79 bits per heavy atom. The Kier molecular flexibility index (Phi) is 4.11. The molecule has 2 aromatic rings. The summed E-state index contributed by atoms with van der Waals surface area (Å²) in [5, 5.41) is 2.83. The van der Waals surface area contributed by atoms with Gasteiger partial charge in [0.25, 0.3) is 5.91 Å². The predicted octanol–water partition coefficient (Wildman–Crippen LogP) is 4.03. The number of amides is 1. The fourth-order valence-corrected chi connectivity index (χ4v) is 1.89. The number of aromatic nitrogens is 1. The minimum atomic E-state index is -1.32. The molecule has 0 saturated heterocycles. The number of halogens is 4. The number of nitrogens with zero attached hydrogens (tertiary/aromatic N) is 1. The van der Waals surface area contributed by atoms with E-state index in [4.69, 9.17) is 11.6 Å². The number of nitrogens with one attached hydrogen (secondary N) is 1. The molecular weight excluding hydrogens is 341 g/mol. The smallest absolute Gasteiger partial charge is 0.258 e. The highest BCUT2D eigenvalue weighted by atomic mass is 79.9. The molecule has 19 heavy (non-hydrogen) atoms. The number of benzene rings is 1. The van der Waals surface area contributed by atoms with Crippen molar-refractivity contribution in [3.8, 4) is 0 Å². The summed E-state index contributed by atoms with van der Waals surface area (Å²) in [6.07, 6.45) is 1.01. The molecule has 1 aromatic heterocycles. The van der Waals surface area contributed by atoms with Gasteiger partial charge in [-0.25, -0.2) is 9.37 Å². The number of hydrogen-bond acceptors (Lipinski definition) is 2. The molecule has 1 heterocycles. The van der Waals surface area contributed by atoms with E-state index >= 15 is 0 Å². The van der Waals surface area contributed by atoms with Crippen LogP contribution in [-0.4, -0.2) is 10.9 Å². The molecule has 0 atom stereocenters. The number of anilines is 1. The molecule has 2 rings (SSSR count). The summed E-state index contributed by atoms with van der Waals surface area (Å²) in [7, 11) is 0. The highest BCUT2D eigenvalue weighted by Crippen LogP contribution is 2.26. The fourth-order valence-electron chi connectivity index (χ4n) is 1.38. The Balaban J connectivity index is 2.31. The van der Waals surface area contributed by atoms with E-state index < -0.39 is 23.2 Å². The van der Waals surface area contributed by atoms with Crippen LogP contribution in [0, 0.1) is 11.8 Å². The number of pyridine rings is 1.